The molecule has 0 saturated heterocycles. The van der Waals surface area contributed by atoms with Gasteiger partial charge in [0.2, 0.25) is 6.54 Å². The van der Waals surface area contributed by atoms with Crippen molar-refractivity contribution in [1.29, 1.82) is 0 Å². The molecule has 0 spiro atoms. The van der Waals surface area contributed by atoms with Gasteiger partial charge in [0.25, 0.3) is 0 Å². The molecule has 0 bridgehead atoms. The highest BCUT2D eigenvalue weighted by atomic mass is 16.3. The van der Waals surface area contributed by atoms with Crippen LogP contribution < -0.4 is 0 Å². The van der Waals surface area contributed by atoms with Crippen LogP contribution in [0.25, 0.3) is 4.85 Å². The van der Waals surface area contributed by atoms with E-state index in [1.54, 1.807) is 6.92 Å². The second-order valence-electron chi connectivity index (χ2n) is 3.41. The first kappa shape index (κ1) is 10.7. The molecule has 0 aromatic heterocycles. The van der Waals surface area contributed by atoms with Crippen LogP contribution in [0.2, 0.25) is 0 Å². The summed E-state index contributed by atoms with van der Waals surface area (Å²) in [6.45, 7) is 9.01. The minimum Gasteiger partial charge on any atom is -0.389 e. The molecular weight excluding hydrogens is 174 g/mol. The number of nitrogens with zero attached hydrogens (tertiary/aromatic N) is 1. The average molecular weight is 189 g/mol. The van der Waals surface area contributed by atoms with Gasteiger partial charge in [-0.1, -0.05) is 24.3 Å². The van der Waals surface area contributed by atoms with Gasteiger partial charge in [0.1, 0.15) is 0 Å². The van der Waals surface area contributed by atoms with Crippen LogP contribution in [-0.4, -0.2) is 11.7 Å². The maximum atomic E-state index is 9.37. The van der Waals surface area contributed by atoms with Crippen LogP contribution in [-0.2, 0) is 6.42 Å². The molecule has 0 heterocycles. The van der Waals surface area contributed by atoms with Gasteiger partial charge in [0, 0.05) is 6.42 Å². The van der Waals surface area contributed by atoms with E-state index in [-0.39, 0.29) is 0 Å². The zero-order valence-corrected chi connectivity index (χ0v) is 8.40. The van der Waals surface area contributed by atoms with Crippen molar-refractivity contribution in [3.63, 3.8) is 0 Å². The Kier molecular flexibility index (Phi) is 4.15. The second kappa shape index (κ2) is 5.41. The minimum atomic E-state index is -0.407. The number of aliphatic hydroxyl groups excluding tert-OH is 1. The van der Waals surface area contributed by atoms with Crippen LogP contribution in [0.15, 0.2) is 24.3 Å². The first-order valence-corrected chi connectivity index (χ1v) is 4.84. The lowest BCUT2D eigenvalue weighted by Crippen LogP contribution is -1.93. The van der Waals surface area contributed by atoms with Crippen LogP contribution in [0.3, 0.4) is 0 Å². The van der Waals surface area contributed by atoms with Gasteiger partial charge in [0.15, 0.2) is 0 Å². The maximum Gasteiger partial charge on any atom is 0.215 e. The number of benzene rings is 1. The Bertz CT molecular complexity index is 325. The van der Waals surface area contributed by atoms with Crippen LogP contribution in [0, 0.1) is 6.57 Å². The summed E-state index contributed by atoms with van der Waals surface area (Å²) >= 11 is 0. The molecule has 1 rings (SSSR count). The SMILES string of the molecule is [C-]#[N+]CCCc1cccc(C(C)O)c1. The molecule has 1 atom stereocenters. The fourth-order valence-electron chi connectivity index (χ4n) is 1.37. The van der Waals surface area contributed by atoms with Crippen molar-refractivity contribution < 1.29 is 5.11 Å². The molecule has 1 aromatic carbocycles. The van der Waals surface area contributed by atoms with Crippen molar-refractivity contribution >= 4 is 0 Å². The van der Waals surface area contributed by atoms with E-state index in [0.717, 1.165) is 18.4 Å². The van der Waals surface area contributed by atoms with Crippen LogP contribution in [0.4, 0.5) is 0 Å². The van der Waals surface area contributed by atoms with E-state index in [4.69, 9.17) is 6.57 Å². The summed E-state index contributed by atoms with van der Waals surface area (Å²) in [4.78, 5) is 3.31. The normalized spacial score (nSPS) is 12.1. The smallest absolute Gasteiger partial charge is 0.215 e. The van der Waals surface area contributed by atoms with Crippen molar-refractivity contribution in [3.8, 4) is 0 Å². The maximum absolute atomic E-state index is 9.37. The topological polar surface area (TPSA) is 24.6 Å². The molecule has 74 valence electrons. The van der Waals surface area contributed by atoms with Crippen molar-refractivity contribution in [2.24, 2.45) is 0 Å². The van der Waals surface area contributed by atoms with Gasteiger partial charge < -0.3 is 9.95 Å². The van der Waals surface area contributed by atoms with Crippen molar-refractivity contribution in [2.75, 3.05) is 6.54 Å². The third kappa shape index (κ3) is 3.20. The lowest BCUT2D eigenvalue weighted by molar-refractivity contribution is 0.199. The Morgan fingerprint density at radius 3 is 2.93 bits per heavy atom. The fourth-order valence-corrected chi connectivity index (χ4v) is 1.37. The summed E-state index contributed by atoms with van der Waals surface area (Å²) in [6, 6.07) is 7.92. The third-order valence-corrected chi connectivity index (χ3v) is 2.17. The molecule has 0 aliphatic rings. The van der Waals surface area contributed by atoms with Crippen molar-refractivity contribution in [2.45, 2.75) is 25.9 Å². The van der Waals surface area contributed by atoms with Crippen LogP contribution >= 0.6 is 0 Å². The quantitative estimate of drug-likeness (QED) is 0.571. The number of hydrogen-bond acceptors (Lipinski definition) is 1. The standard InChI is InChI=1S/C12H15NO/c1-10(14)12-7-3-5-11(9-12)6-4-8-13-2/h3,5,7,9-10,14H,4,6,8H2,1H3. The monoisotopic (exact) mass is 189 g/mol. The molecule has 0 saturated carbocycles. The highest BCUT2D eigenvalue weighted by molar-refractivity contribution is 5.24. The van der Waals surface area contributed by atoms with E-state index in [9.17, 15) is 5.11 Å². The lowest BCUT2D eigenvalue weighted by atomic mass is 10.0. The third-order valence-electron chi connectivity index (χ3n) is 2.17. The number of hydrogen-bond donors (Lipinski definition) is 1. The molecule has 0 radical (unpaired) electrons. The van der Waals surface area contributed by atoms with Crippen molar-refractivity contribution in [3.05, 3.63) is 46.8 Å². The van der Waals surface area contributed by atoms with Gasteiger partial charge in [-0.25, -0.2) is 6.57 Å². The molecule has 1 N–H and O–H groups in total. The van der Waals surface area contributed by atoms with E-state index in [2.05, 4.69) is 4.85 Å². The predicted molar refractivity (Wildman–Crippen MR) is 56.9 cm³/mol. The Hall–Kier alpha value is -1.33. The number of aliphatic hydroxyl groups is 1. The predicted octanol–water partition coefficient (Wildman–Crippen LogP) is 2.59. The summed E-state index contributed by atoms with van der Waals surface area (Å²) in [5, 5.41) is 9.37. The molecule has 1 unspecified atom stereocenters. The molecular formula is C12H15NO. The van der Waals surface area contributed by atoms with Crippen molar-refractivity contribution in [1.82, 2.24) is 0 Å². The molecule has 0 amide bonds. The Labute approximate surface area is 85.0 Å². The summed E-state index contributed by atoms with van der Waals surface area (Å²) < 4.78 is 0. The minimum absolute atomic E-state index is 0.407. The molecule has 2 heteroatoms. The summed E-state index contributed by atoms with van der Waals surface area (Å²) in [5.41, 5.74) is 2.15. The molecule has 0 fully saturated rings. The number of aryl methyl sites for hydroxylation is 1. The second-order valence-corrected chi connectivity index (χ2v) is 3.41. The summed E-state index contributed by atoms with van der Waals surface area (Å²) in [7, 11) is 0. The molecule has 2 nitrogen and oxygen atoms in total. The molecule has 0 aliphatic carbocycles. The average Bonchev–Trinajstić information content (AvgIpc) is 2.19. The van der Waals surface area contributed by atoms with E-state index >= 15 is 0 Å². The molecule has 14 heavy (non-hydrogen) atoms. The summed E-state index contributed by atoms with van der Waals surface area (Å²) in [6.07, 6.45) is 1.41. The summed E-state index contributed by atoms with van der Waals surface area (Å²) in [5.74, 6) is 0. The first-order valence-electron chi connectivity index (χ1n) is 4.84. The van der Waals surface area contributed by atoms with E-state index in [1.165, 1.54) is 5.56 Å². The van der Waals surface area contributed by atoms with E-state index in [1.807, 2.05) is 24.3 Å². The Morgan fingerprint density at radius 1 is 1.50 bits per heavy atom. The van der Waals surface area contributed by atoms with Gasteiger partial charge in [-0.3, -0.25) is 0 Å². The highest BCUT2D eigenvalue weighted by Crippen LogP contribution is 2.14. The largest absolute Gasteiger partial charge is 0.389 e. The van der Waals surface area contributed by atoms with Gasteiger partial charge in [-0.15, -0.1) is 0 Å². The van der Waals surface area contributed by atoms with E-state index in [0.29, 0.717) is 6.54 Å². The van der Waals surface area contributed by atoms with Gasteiger partial charge >= 0.3 is 0 Å². The lowest BCUT2D eigenvalue weighted by Gasteiger charge is -2.06. The highest BCUT2D eigenvalue weighted by Gasteiger charge is 2.01. The van der Waals surface area contributed by atoms with Gasteiger partial charge in [0.05, 0.1) is 6.10 Å². The first-order chi connectivity index (χ1) is 6.74. The molecule has 1 aromatic rings. The Morgan fingerprint density at radius 2 is 2.29 bits per heavy atom. The van der Waals surface area contributed by atoms with Gasteiger partial charge in [-0.2, -0.15) is 0 Å². The molecule has 0 aliphatic heterocycles. The van der Waals surface area contributed by atoms with Crippen LogP contribution in [0.1, 0.15) is 30.6 Å². The Balaban J connectivity index is 2.60. The zero-order valence-electron chi connectivity index (χ0n) is 8.40. The number of rotatable bonds is 4. The fraction of sp³-hybridized carbons (Fsp3) is 0.417. The van der Waals surface area contributed by atoms with Crippen LogP contribution in [0.5, 0.6) is 0 Å². The zero-order chi connectivity index (χ0) is 10.4. The van der Waals surface area contributed by atoms with E-state index < -0.39 is 6.10 Å². The van der Waals surface area contributed by atoms with Gasteiger partial charge in [-0.05, 0) is 24.5 Å².